The molecule has 0 atom stereocenters. The van der Waals surface area contributed by atoms with Crippen molar-refractivity contribution in [3.8, 4) is 0 Å². The van der Waals surface area contributed by atoms with Gasteiger partial charge in [-0.15, -0.1) is 11.6 Å². The summed E-state index contributed by atoms with van der Waals surface area (Å²) in [4.78, 5) is 11.4. The Labute approximate surface area is 110 Å². The molecule has 7 heteroatoms. The average molecular weight is 294 g/mol. The normalized spacial score (nSPS) is 11.3. The first kappa shape index (κ1) is 14.9. The van der Waals surface area contributed by atoms with Crippen LogP contribution in [0.2, 0.25) is 0 Å². The number of benzene rings is 1. The van der Waals surface area contributed by atoms with Crippen molar-refractivity contribution < 1.29 is 17.6 Å². The number of carbonyl (C=O) groups is 1. The second-order valence-corrected chi connectivity index (χ2v) is 6.15. The Hall–Kier alpha value is -1.14. The topological polar surface area (TPSA) is 63.2 Å². The van der Waals surface area contributed by atoms with Crippen LogP contribution in [0.25, 0.3) is 0 Å². The Bertz CT molecular complexity index is 545. The van der Waals surface area contributed by atoms with Crippen molar-refractivity contribution in [2.24, 2.45) is 0 Å². The third kappa shape index (κ3) is 4.27. The molecule has 1 aromatic rings. The quantitative estimate of drug-likeness (QED) is 0.668. The summed E-state index contributed by atoms with van der Waals surface area (Å²) < 4.78 is 36.0. The largest absolute Gasteiger partial charge is 0.324 e. The molecule has 0 aliphatic heterocycles. The van der Waals surface area contributed by atoms with Crippen molar-refractivity contribution in [1.29, 1.82) is 0 Å². The Morgan fingerprint density at radius 3 is 2.67 bits per heavy atom. The van der Waals surface area contributed by atoms with Crippen LogP contribution in [-0.2, 0) is 14.6 Å². The van der Waals surface area contributed by atoms with Crippen molar-refractivity contribution in [2.75, 3.05) is 17.5 Å². The highest BCUT2D eigenvalue weighted by Crippen LogP contribution is 2.19. The summed E-state index contributed by atoms with van der Waals surface area (Å²) in [5.41, 5.74) is -0.141. The van der Waals surface area contributed by atoms with Crippen molar-refractivity contribution >= 4 is 33.0 Å². The lowest BCUT2D eigenvalue weighted by Gasteiger charge is -2.07. The summed E-state index contributed by atoms with van der Waals surface area (Å²) in [7, 11) is -3.43. The fraction of sp³-hybridized carbons (Fsp3) is 0.364. The number of nitrogens with one attached hydrogen (secondary N) is 1. The van der Waals surface area contributed by atoms with Crippen molar-refractivity contribution in [1.82, 2.24) is 0 Å². The zero-order valence-corrected chi connectivity index (χ0v) is 11.3. The second kappa shape index (κ2) is 6.15. The van der Waals surface area contributed by atoms with Gasteiger partial charge in [-0.05, 0) is 24.6 Å². The smallest absolute Gasteiger partial charge is 0.224 e. The minimum atomic E-state index is -3.43. The zero-order chi connectivity index (χ0) is 13.8. The van der Waals surface area contributed by atoms with Gasteiger partial charge in [0.1, 0.15) is 5.82 Å². The lowest BCUT2D eigenvalue weighted by atomic mass is 10.2. The van der Waals surface area contributed by atoms with Gasteiger partial charge in [-0.3, -0.25) is 4.79 Å². The van der Waals surface area contributed by atoms with Crippen molar-refractivity contribution in [3.05, 3.63) is 24.0 Å². The third-order valence-corrected chi connectivity index (χ3v) is 3.56. The molecule has 1 rings (SSSR count). The van der Waals surface area contributed by atoms with E-state index < -0.39 is 21.6 Å². The number of sulfone groups is 1. The molecule has 1 N–H and O–H groups in total. The molecule has 0 aromatic heterocycles. The molecule has 0 saturated carbocycles. The lowest BCUT2D eigenvalue weighted by Crippen LogP contribution is -2.13. The van der Waals surface area contributed by atoms with E-state index in [1.807, 2.05) is 0 Å². The first-order valence-corrected chi connectivity index (χ1v) is 7.62. The predicted molar refractivity (Wildman–Crippen MR) is 68.1 cm³/mol. The molecule has 4 nitrogen and oxygen atoms in total. The maximum atomic E-state index is 13.4. The first-order chi connectivity index (χ1) is 8.34. The third-order valence-electron chi connectivity index (χ3n) is 2.18. The number of rotatable bonds is 5. The van der Waals surface area contributed by atoms with Crippen molar-refractivity contribution in [3.63, 3.8) is 0 Å². The predicted octanol–water partition coefficient (Wildman–Crippen LogP) is 2.19. The van der Waals surface area contributed by atoms with Crippen LogP contribution < -0.4 is 5.32 Å². The Morgan fingerprint density at radius 2 is 2.11 bits per heavy atom. The van der Waals surface area contributed by atoms with Gasteiger partial charge in [0.05, 0.1) is 10.6 Å². The summed E-state index contributed by atoms with van der Waals surface area (Å²) in [6.45, 7) is 0. The number of anilines is 1. The van der Waals surface area contributed by atoms with Gasteiger partial charge >= 0.3 is 0 Å². The molecular formula is C11H13ClFNO3S. The van der Waals surface area contributed by atoms with Crippen LogP contribution in [0.4, 0.5) is 10.1 Å². The molecule has 18 heavy (non-hydrogen) atoms. The zero-order valence-electron chi connectivity index (χ0n) is 9.74. The van der Waals surface area contributed by atoms with Gasteiger partial charge in [0.15, 0.2) is 9.84 Å². The van der Waals surface area contributed by atoms with Gasteiger partial charge in [-0.25, -0.2) is 12.8 Å². The molecule has 1 amide bonds. The molecule has 0 radical (unpaired) electrons. The molecule has 0 heterocycles. The molecule has 0 aliphatic carbocycles. The maximum Gasteiger partial charge on any atom is 0.224 e. The minimum absolute atomic E-state index is 0.0449. The van der Waals surface area contributed by atoms with Crippen LogP contribution in [-0.4, -0.2) is 26.5 Å². The monoisotopic (exact) mass is 293 g/mol. The molecule has 0 spiro atoms. The van der Waals surface area contributed by atoms with E-state index in [0.29, 0.717) is 12.3 Å². The molecule has 1 aromatic carbocycles. The molecule has 100 valence electrons. The van der Waals surface area contributed by atoms with Crippen LogP contribution in [0.15, 0.2) is 23.1 Å². The number of carbonyl (C=O) groups excluding carboxylic acids is 1. The second-order valence-electron chi connectivity index (χ2n) is 3.75. The van der Waals surface area contributed by atoms with Gasteiger partial charge < -0.3 is 5.32 Å². The Morgan fingerprint density at radius 1 is 1.44 bits per heavy atom. The fourth-order valence-electron chi connectivity index (χ4n) is 1.27. The van der Waals surface area contributed by atoms with Gasteiger partial charge in [-0.1, -0.05) is 0 Å². The number of hydrogen-bond donors (Lipinski definition) is 1. The van der Waals surface area contributed by atoms with Crippen LogP contribution in [0.5, 0.6) is 0 Å². The van der Waals surface area contributed by atoms with Crippen LogP contribution in [0.3, 0.4) is 0 Å². The van der Waals surface area contributed by atoms with E-state index in [0.717, 1.165) is 24.5 Å². The summed E-state index contributed by atoms with van der Waals surface area (Å²) in [5, 5.41) is 2.32. The number of hydrogen-bond acceptors (Lipinski definition) is 3. The van der Waals surface area contributed by atoms with Gasteiger partial charge in [0.25, 0.3) is 0 Å². The Balaban J connectivity index is 2.92. The standard InChI is InChI=1S/C11H13ClFNO3S/c1-18(16,17)8-4-5-9(13)10(7-8)14-11(15)3-2-6-12/h4-5,7H,2-3,6H2,1H3,(H,14,15). The van der Waals surface area contributed by atoms with Crippen LogP contribution in [0, 0.1) is 5.82 Å². The van der Waals surface area contributed by atoms with Gasteiger partial charge in [0, 0.05) is 18.6 Å². The van der Waals surface area contributed by atoms with E-state index in [1.165, 1.54) is 0 Å². The molecule has 0 saturated heterocycles. The number of amides is 1. The minimum Gasteiger partial charge on any atom is -0.324 e. The molecule has 0 bridgehead atoms. The molecule has 0 unspecified atom stereocenters. The SMILES string of the molecule is CS(=O)(=O)c1ccc(F)c(NC(=O)CCCCl)c1. The van der Waals surface area contributed by atoms with Crippen LogP contribution in [0.1, 0.15) is 12.8 Å². The van der Waals surface area contributed by atoms with Gasteiger partial charge in [-0.2, -0.15) is 0 Å². The first-order valence-electron chi connectivity index (χ1n) is 5.20. The van der Waals surface area contributed by atoms with E-state index in [9.17, 15) is 17.6 Å². The summed E-state index contributed by atoms with van der Waals surface area (Å²) in [6, 6.07) is 3.26. The van der Waals surface area contributed by atoms with E-state index in [4.69, 9.17) is 11.6 Å². The average Bonchev–Trinajstić information content (AvgIpc) is 2.28. The molecule has 0 aliphatic rings. The molecule has 0 fully saturated rings. The maximum absolute atomic E-state index is 13.4. The highest BCUT2D eigenvalue weighted by molar-refractivity contribution is 7.90. The summed E-state index contributed by atoms with van der Waals surface area (Å²) in [5.74, 6) is -0.749. The number of alkyl halides is 1. The highest BCUT2D eigenvalue weighted by Gasteiger charge is 2.12. The number of halogens is 2. The van der Waals surface area contributed by atoms with Crippen LogP contribution >= 0.6 is 11.6 Å². The van der Waals surface area contributed by atoms with Crippen molar-refractivity contribution in [2.45, 2.75) is 17.7 Å². The van der Waals surface area contributed by atoms with E-state index in [-0.39, 0.29) is 17.0 Å². The summed E-state index contributed by atoms with van der Waals surface area (Å²) >= 11 is 5.43. The van der Waals surface area contributed by atoms with E-state index >= 15 is 0 Å². The Kier molecular flexibility index (Phi) is 5.10. The summed E-state index contributed by atoms with van der Waals surface area (Å²) in [6.07, 6.45) is 1.64. The fourth-order valence-corrected chi connectivity index (χ4v) is 2.05. The molecular weight excluding hydrogens is 281 g/mol. The van der Waals surface area contributed by atoms with Gasteiger partial charge in [0.2, 0.25) is 5.91 Å². The van der Waals surface area contributed by atoms with E-state index in [1.54, 1.807) is 0 Å². The lowest BCUT2D eigenvalue weighted by molar-refractivity contribution is -0.116. The van der Waals surface area contributed by atoms with E-state index in [2.05, 4.69) is 5.32 Å². The highest BCUT2D eigenvalue weighted by atomic mass is 35.5.